The van der Waals surface area contributed by atoms with E-state index in [2.05, 4.69) is 21.2 Å². The Kier molecular flexibility index (Phi) is 5.89. The van der Waals surface area contributed by atoms with Crippen LogP contribution in [0.25, 0.3) is 0 Å². The fourth-order valence-electron chi connectivity index (χ4n) is 2.77. The molecule has 4 heteroatoms. The van der Waals surface area contributed by atoms with Gasteiger partial charge in [0.2, 0.25) is 0 Å². The van der Waals surface area contributed by atoms with Crippen molar-refractivity contribution in [1.29, 1.82) is 0 Å². The summed E-state index contributed by atoms with van der Waals surface area (Å²) < 4.78 is 5.96. The van der Waals surface area contributed by atoms with Crippen molar-refractivity contribution in [2.24, 2.45) is 5.92 Å². The van der Waals surface area contributed by atoms with Crippen molar-refractivity contribution < 1.29 is 9.53 Å². The van der Waals surface area contributed by atoms with Crippen molar-refractivity contribution in [3.63, 3.8) is 0 Å². The highest BCUT2D eigenvalue weighted by molar-refractivity contribution is 9.10. The maximum absolute atomic E-state index is 12.2. The third kappa shape index (κ3) is 4.23. The Morgan fingerprint density at radius 1 is 1.35 bits per heavy atom. The Morgan fingerprint density at radius 2 is 2.10 bits per heavy atom. The van der Waals surface area contributed by atoms with E-state index in [1.165, 1.54) is 32.1 Å². The monoisotopic (exact) mass is 339 g/mol. The summed E-state index contributed by atoms with van der Waals surface area (Å²) in [4.78, 5) is 12.2. The van der Waals surface area contributed by atoms with Gasteiger partial charge in [-0.1, -0.05) is 32.1 Å². The lowest BCUT2D eigenvalue weighted by Crippen LogP contribution is -2.26. The van der Waals surface area contributed by atoms with Gasteiger partial charge in [0.1, 0.15) is 5.75 Å². The second kappa shape index (κ2) is 7.67. The highest BCUT2D eigenvalue weighted by atomic mass is 79.9. The molecule has 0 radical (unpaired) electrons. The molecule has 1 aromatic carbocycles. The van der Waals surface area contributed by atoms with Crippen LogP contribution >= 0.6 is 15.9 Å². The van der Waals surface area contributed by atoms with Gasteiger partial charge in [0.15, 0.2) is 0 Å². The molecule has 1 aromatic rings. The summed E-state index contributed by atoms with van der Waals surface area (Å²) in [6, 6.07) is 5.44. The summed E-state index contributed by atoms with van der Waals surface area (Å²) in [6.45, 7) is 0.757. The number of carbonyl (C=O) groups excluding carboxylic acids is 1. The molecule has 0 heterocycles. The van der Waals surface area contributed by atoms with Crippen molar-refractivity contribution in [1.82, 2.24) is 5.32 Å². The van der Waals surface area contributed by atoms with Crippen molar-refractivity contribution in [3.05, 3.63) is 28.2 Å². The van der Waals surface area contributed by atoms with Gasteiger partial charge in [-0.3, -0.25) is 4.79 Å². The van der Waals surface area contributed by atoms with E-state index in [1.807, 2.05) is 12.1 Å². The summed E-state index contributed by atoms with van der Waals surface area (Å²) >= 11 is 3.41. The molecule has 2 rings (SSSR count). The molecule has 3 nitrogen and oxygen atoms in total. The number of ether oxygens (including phenoxy) is 1. The standard InChI is InChI=1S/C16H22BrNO2/c1-20-13-7-8-15(17)14(11-13)16(19)18-10-9-12-5-3-2-4-6-12/h7-8,11-12H,2-6,9-10H2,1H3,(H,18,19). The summed E-state index contributed by atoms with van der Waals surface area (Å²) in [5.41, 5.74) is 0.632. The molecule has 0 atom stereocenters. The summed E-state index contributed by atoms with van der Waals surface area (Å²) in [6.07, 6.45) is 7.80. The van der Waals surface area contributed by atoms with Gasteiger partial charge in [0.05, 0.1) is 12.7 Å². The summed E-state index contributed by atoms with van der Waals surface area (Å²) in [7, 11) is 1.61. The molecular formula is C16H22BrNO2. The zero-order valence-electron chi connectivity index (χ0n) is 12.0. The van der Waals surface area contributed by atoms with Crippen LogP contribution in [0.1, 0.15) is 48.9 Å². The van der Waals surface area contributed by atoms with Crippen LogP contribution in [0.3, 0.4) is 0 Å². The van der Waals surface area contributed by atoms with Gasteiger partial charge < -0.3 is 10.1 Å². The van der Waals surface area contributed by atoms with Crippen LogP contribution < -0.4 is 10.1 Å². The third-order valence-electron chi connectivity index (χ3n) is 3.98. The fourth-order valence-corrected chi connectivity index (χ4v) is 3.19. The molecule has 1 fully saturated rings. The number of amides is 1. The van der Waals surface area contributed by atoms with Crippen LogP contribution in [0, 0.1) is 5.92 Å². The normalized spacial score (nSPS) is 15.9. The van der Waals surface area contributed by atoms with Gasteiger partial charge >= 0.3 is 0 Å². The highest BCUT2D eigenvalue weighted by Crippen LogP contribution is 2.26. The predicted molar refractivity (Wildman–Crippen MR) is 84.2 cm³/mol. The van der Waals surface area contributed by atoms with E-state index < -0.39 is 0 Å². The number of nitrogens with one attached hydrogen (secondary N) is 1. The Balaban J connectivity index is 1.84. The molecule has 1 N–H and O–H groups in total. The second-order valence-corrected chi connectivity index (χ2v) is 6.25. The van der Waals surface area contributed by atoms with Crippen molar-refractivity contribution in [2.45, 2.75) is 38.5 Å². The van der Waals surface area contributed by atoms with E-state index in [4.69, 9.17) is 4.74 Å². The lowest BCUT2D eigenvalue weighted by atomic mass is 9.87. The Hall–Kier alpha value is -1.03. The first-order valence-electron chi connectivity index (χ1n) is 7.32. The molecule has 0 saturated heterocycles. The van der Waals surface area contributed by atoms with Crippen molar-refractivity contribution in [3.8, 4) is 5.75 Å². The maximum Gasteiger partial charge on any atom is 0.252 e. The summed E-state index contributed by atoms with van der Waals surface area (Å²) in [5, 5.41) is 3.01. The van der Waals surface area contributed by atoms with Gasteiger partial charge in [-0.15, -0.1) is 0 Å². The minimum atomic E-state index is -0.0356. The van der Waals surface area contributed by atoms with E-state index in [9.17, 15) is 4.79 Å². The van der Waals surface area contributed by atoms with Crippen LogP contribution in [0.4, 0.5) is 0 Å². The molecule has 1 amide bonds. The molecule has 1 saturated carbocycles. The van der Waals surface area contributed by atoms with Gasteiger partial charge in [-0.25, -0.2) is 0 Å². The zero-order valence-corrected chi connectivity index (χ0v) is 13.5. The van der Waals surface area contributed by atoms with E-state index in [0.717, 1.165) is 23.4 Å². The SMILES string of the molecule is COc1ccc(Br)c(C(=O)NCCC2CCCCC2)c1. The van der Waals surface area contributed by atoms with Gasteiger partial charge in [0.25, 0.3) is 5.91 Å². The van der Waals surface area contributed by atoms with Crippen LogP contribution in [-0.4, -0.2) is 19.6 Å². The lowest BCUT2D eigenvalue weighted by Gasteiger charge is -2.21. The number of hydrogen-bond acceptors (Lipinski definition) is 2. The van der Waals surface area contributed by atoms with Gasteiger partial charge in [-0.05, 0) is 46.5 Å². The molecule has 0 aliphatic heterocycles. The van der Waals surface area contributed by atoms with E-state index in [-0.39, 0.29) is 5.91 Å². The van der Waals surface area contributed by atoms with Crippen LogP contribution in [-0.2, 0) is 0 Å². The van der Waals surface area contributed by atoms with E-state index in [0.29, 0.717) is 11.3 Å². The molecule has 110 valence electrons. The summed E-state index contributed by atoms with van der Waals surface area (Å²) in [5.74, 6) is 1.45. The van der Waals surface area contributed by atoms with Gasteiger partial charge in [0, 0.05) is 11.0 Å². The average molecular weight is 340 g/mol. The molecule has 1 aliphatic rings. The minimum Gasteiger partial charge on any atom is -0.497 e. The fraction of sp³-hybridized carbons (Fsp3) is 0.562. The molecular weight excluding hydrogens is 318 g/mol. The number of carbonyl (C=O) groups is 1. The first kappa shape index (κ1) is 15.4. The van der Waals surface area contributed by atoms with E-state index in [1.54, 1.807) is 13.2 Å². The lowest BCUT2D eigenvalue weighted by molar-refractivity contribution is 0.0949. The average Bonchev–Trinajstić information content (AvgIpc) is 2.48. The smallest absolute Gasteiger partial charge is 0.252 e. The number of hydrogen-bond donors (Lipinski definition) is 1. The van der Waals surface area contributed by atoms with E-state index >= 15 is 0 Å². The number of methoxy groups -OCH3 is 1. The molecule has 20 heavy (non-hydrogen) atoms. The molecule has 0 aromatic heterocycles. The van der Waals surface area contributed by atoms with Crippen molar-refractivity contribution in [2.75, 3.05) is 13.7 Å². The number of halogens is 1. The minimum absolute atomic E-state index is 0.0356. The number of rotatable bonds is 5. The highest BCUT2D eigenvalue weighted by Gasteiger charge is 2.15. The topological polar surface area (TPSA) is 38.3 Å². The Bertz CT molecular complexity index is 456. The van der Waals surface area contributed by atoms with Crippen LogP contribution in [0.15, 0.2) is 22.7 Å². The Morgan fingerprint density at radius 3 is 2.80 bits per heavy atom. The predicted octanol–water partition coefficient (Wildman–Crippen LogP) is 4.16. The quantitative estimate of drug-likeness (QED) is 0.874. The first-order valence-corrected chi connectivity index (χ1v) is 8.11. The largest absolute Gasteiger partial charge is 0.497 e. The van der Waals surface area contributed by atoms with Crippen LogP contribution in [0.5, 0.6) is 5.75 Å². The van der Waals surface area contributed by atoms with Crippen molar-refractivity contribution >= 4 is 21.8 Å². The van der Waals surface area contributed by atoms with Gasteiger partial charge in [-0.2, -0.15) is 0 Å². The molecule has 1 aliphatic carbocycles. The van der Waals surface area contributed by atoms with Crippen LogP contribution in [0.2, 0.25) is 0 Å². The second-order valence-electron chi connectivity index (χ2n) is 5.39. The Labute approximate surface area is 129 Å². The maximum atomic E-state index is 12.2. The zero-order chi connectivity index (χ0) is 14.4. The molecule has 0 unspecified atom stereocenters. The number of benzene rings is 1. The molecule has 0 bridgehead atoms. The third-order valence-corrected chi connectivity index (χ3v) is 4.67. The molecule has 0 spiro atoms. The first-order chi connectivity index (χ1) is 9.70.